The minimum absolute atomic E-state index is 0.00620. The average Bonchev–Trinajstić information content (AvgIpc) is 3.19. The second-order valence-corrected chi connectivity index (χ2v) is 6.29. The number of aromatic nitrogens is 5. The van der Waals surface area contributed by atoms with E-state index in [1.807, 2.05) is 56.3 Å². The maximum atomic E-state index is 11.9. The van der Waals surface area contributed by atoms with Crippen LogP contribution in [0.3, 0.4) is 0 Å². The van der Waals surface area contributed by atoms with Crippen LogP contribution >= 0.6 is 0 Å². The number of rotatable bonds is 8. The molecular weight excluding hydrogens is 342 g/mol. The third kappa shape index (κ3) is 4.87. The molecule has 1 amide bonds. The fraction of sp³-hybridized carbons (Fsp3) is 0.316. The Morgan fingerprint density at radius 2 is 2.00 bits per heavy atom. The van der Waals surface area contributed by atoms with E-state index in [1.54, 1.807) is 10.9 Å². The van der Waals surface area contributed by atoms with Crippen LogP contribution in [0.4, 0.5) is 5.95 Å². The first-order valence-electron chi connectivity index (χ1n) is 8.96. The molecule has 1 aromatic carbocycles. The van der Waals surface area contributed by atoms with Crippen molar-refractivity contribution in [1.29, 1.82) is 0 Å². The number of benzene rings is 1. The van der Waals surface area contributed by atoms with Crippen LogP contribution in [-0.4, -0.2) is 31.1 Å². The van der Waals surface area contributed by atoms with Crippen molar-refractivity contribution in [1.82, 2.24) is 30.5 Å². The molecule has 0 aliphatic rings. The molecule has 3 aromatic rings. The molecule has 140 valence electrons. The van der Waals surface area contributed by atoms with E-state index in [9.17, 15) is 4.79 Å². The lowest BCUT2D eigenvalue weighted by Crippen LogP contribution is -2.28. The number of amides is 1. The van der Waals surface area contributed by atoms with Gasteiger partial charge in [0.2, 0.25) is 11.9 Å². The molecule has 0 saturated carbocycles. The van der Waals surface area contributed by atoms with E-state index in [0.29, 0.717) is 19.0 Å². The lowest BCUT2D eigenvalue weighted by molar-refractivity contribution is -0.124. The van der Waals surface area contributed by atoms with Crippen molar-refractivity contribution in [3.05, 3.63) is 59.9 Å². The van der Waals surface area contributed by atoms with Gasteiger partial charge in [-0.25, -0.2) is 0 Å². The number of anilines is 1. The molecule has 3 rings (SSSR count). The third-order valence-electron chi connectivity index (χ3n) is 4.31. The number of carbonyl (C=O) groups excluding carboxylic acids is 1. The number of carbonyl (C=O) groups is 1. The number of nitrogens with zero attached hydrogens (tertiary/aromatic N) is 5. The second-order valence-electron chi connectivity index (χ2n) is 6.29. The van der Waals surface area contributed by atoms with Crippen molar-refractivity contribution in [2.24, 2.45) is 5.92 Å². The summed E-state index contributed by atoms with van der Waals surface area (Å²) < 4.78 is 1.65. The molecule has 1 atom stereocenters. The number of para-hydroxylation sites is 1. The van der Waals surface area contributed by atoms with Gasteiger partial charge in [0.1, 0.15) is 0 Å². The van der Waals surface area contributed by atoms with E-state index in [0.717, 1.165) is 23.4 Å². The Bertz CT molecular complexity index is 879. The van der Waals surface area contributed by atoms with Gasteiger partial charge in [0.25, 0.3) is 0 Å². The van der Waals surface area contributed by atoms with E-state index in [-0.39, 0.29) is 11.8 Å². The van der Waals surface area contributed by atoms with Gasteiger partial charge < -0.3 is 10.6 Å². The highest BCUT2D eigenvalue weighted by Crippen LogP contribution is 2.12. The van der Waals surface area contributed by atoms with Gasteiger partial charge in [-0.1, -0.05) is 37.1 Å². The Morgan fingerprint density at radius 3 is 2.78 bits per heavy atom. The van der Waals surface area contributed by atoms with Crippen LogP contribution in [-0.2, 0) is 17.9 Å². The highest BCUT2D eigenvalue weighted by atomic mass is 16.1. The summed E-state index contributed by atoms with van der Waals surface area (Å²) >= 11 is 0. The summed E-state index contributed by atoms with van der Waals surface area (Å²) in [4.78, 5) is 16.2. The predicted octanol–water partition coefficient (Wildman–Crippen LogP) is 2.33. The van der Waals surface area contributed by atoms with Crippen LogP contribution in [0.5, 0.6) is 0 Å². The molecule has 2 aromatic heterocycles. The Balaban J connectivity index is 1.61. The predicted molar refractivity (Wildman–Crippen MR) is 102 cm³/mol. The highest BCUT2D eigenvalue weighted by Gasteiger charge is 2.10. The molecule has 0 bridgehead atoms. The number of nitrogens with one attached hydrogen (secondary N) is 2. The molecule has 0 spiro atoms. The van der Waals surface area contributed by atoms with Gasteiger partial charge in [-0.3, -0.25) is 9.78 Å². The van der Waals surface area contributed by atoms with Crippen LogP contribution < -0.4 is 10.6 Å². The number of tetrazole rings is 1. The molecule has 0 fully saturated rings. The SMILES string of the molecule is CCC(C)C(=O)NCc1cc(CNc2nnnn2-c2ccccc2)ccn1. The molecule has 0 aliphatic heterocycles. The lowest BCUT2D eigenvalue weighted by Gasteiger charge is -2.11. The van der Waals surface area contributed by atoms with Crippen molar-refractivity contribution in [2.45, 2.75) is 33.4 Å². The van der Waals surface area contributed by atoms with E-state index in [4.69, 9.17) is 0 Å². The zero-order chi connectivity index (χ0) is 19.1. The summed E-state index contributed by atoms with van der Waals surface area (Å²) in [6, 6.07) is 13.6. The van der Waals surface area contributed by atoms with Crippen LogP contribution in [0.15, 0.2) is 48.7 Å². The summed E-state index contributed by atoms with van der Waals surface area (Å²) in [5, 5.41) is 18.0. The fourth-order valence-electron chi connectivity index (χ4n) is 2.49. The van der Waals surface area contributed by atoms with Crippen LogP contribution in [0, 0.1) is 5.92 Å². The van der Waals surface area contributed by atoms with Crippen molar-refractivity contribution >= 4 is 11.9 Å². The largest absolute Gasteiger partial charge is 0.350 e. The number of pyridine rings is 1. The number of hydrogen-bond donors (Lipinski definition) is 2. The molecule has 8 heteroatoms. The average molecular weight is 365 g/mol. The van der Waals surface area contributed by atoms with Gasteiger partial charge >= 0.3 is 0 Å². The van der Waals surface area contributed by atoms with E-state index in [2.05, 4.69) is 31.1 Å². The molecule has 0 aliphatic carbocycles. The van der Waals surface area contributed by atoms with Crippen LogP contribution in [0.2, 0.25) is 0 Å². The number of hydrogen-bond acceptors (Lipinski definition) is 6. The van der Waals surface area contributed by atoms with Crippen molar-refractivity contribution < 1.29 is 4.79 Å². The fourth-order valence-corrected chi connectivity index (χ4v) is 2.49. The molecule has 2 N–H and O–H groups in total. The van der Waals surface area contributed by atoms with E-state index >= 15 is 0 Å². The summed E-state index contributed by atoms with van der Waals surface area (Å²) in [6.07, 6.45) is 2.56. The lowest BCUT2D eigenvalue weighted by atomic mass is 10.1. The normalized spacial score (nSPS) is 11.8. The zero-order valence-corrected chi connectivity index (χ0v) is 15.5. The quantitative estimate of drug-likeness (QED) is 0.636. The topological polar surface area (TPSA) is 97.6 Å². The van der Waals surface area contributed by atoms with Gasteiger partial charge in [0, 0.05) is 18.7 Å². The smallest absolute Gasteiger partial charge is 0.248 e. The molecule has 2 heterocycles. The molecular formula is C19H23N7O. The maximum Gasteiger partial charge on any atom is 0.248 e. The maximum absolute atomic E-state index is 11.9. The van der Waals surface area contributed by atoms with E-state index < -0.39 is 0 Å². The summed E-state index contributed by atoms with van der Waals surface area (Å²) in [5.41, 5.74) is 2.72. The van der Waals surface area contributed by atoms with Gasteiger partial charge in [-0.05, 0) is 46.7 Å². The van der Waals surface area contributed by atoms with Gasteiger partial charge in [0.05, 0.1) is 17.9 Å². The Kier molecular flexibility index (Phi) is 6.09. The minimum atomic E-state index is 0.00620. The van der Waals surface area contributed by atoms with Gasteiger partial charge in [0.15, 0.2) is 0 Å². The van der Waals surface area contributed by atoms with Crippen LogP contribution in [0.1, 0.15) is 31.5 Å². The Morgan fingerprint density at radius 1 is 1.19 bits per heavy atom. The van der Waals surface area contributed by atoms with Crippen LogP contribution in [0.25, 0.3) is 5.69 Å². The van der Waals surface area contributed by atoms with Crippen molar-refractivity contribution in [3.63, 3.8) is 0 Å². The summed E-state index contributed by atoms with van der Waals surface area (Å²) in [7, 11) is 0. The summed E-state index contributed by atoms with van der Waals surface area (Å²) in [5.74, 6) is 0.612. The zero-order valence-electron chi connectivity index (χ0n) is 15.5. The first-order valence-corrected chi connectivity index (χ1v) is 8.96. The second kappa shape index (κ2) is 8.88. The van der Waals surface area contributed by atoms with Crippen molar-refractivity contribution in [3.8, 4) is 5.69 Å². The Labute approximate surface area is 158 Å². The molecule has 8 nitrogen and oxygen atoms in total. The van der Waals surface area contributed by atoms with Gasteiger partial charge in [-0.15, -0.1) is 0 Å². The molecule has 1 unspecified atom stereocenters. The first kappa shape index (κ1) is 18.5. The molecule has 0 saturated heterocycles. The van der Waals surface area contributed by atoms with E-state index in [1.165, 1.54) is 0 Å². The van der Waals surface area contributed by atoms with Crippen molar-refractivity contribution in [2.75, 3.05) is 5.32 Å². The third-order valence-corrected chi connectivity index (χ3v) is 4.31. The Hall–Kier alpha value is -3.29. The first-order chi connectivity index (χ1) is 13.2. The minimum Gasteiger partial charge on any atom is -0.350 e. The monoisotopic (exact) mass is 365 g/mol. The summed E-state index contributed by atoms with van der Waals surface area (Å²) in [6.45, 7) is 4.87. The molecule has 27 heavy (non-hydrogen) atoms. The standard InChI is InChI=1S/C19H23N7O/c1-3-14(2)18(27)21-13-16-11-15(9-10-20-16)12-22-19-23-24-25-26(19)17-7-5-4-6-8-17/h4-11,14H,3,12-13H2,1-2H3,(H,21,27)(H,22,23,25). The molecule has 0 radical (unpaired) electrons. The highest BCUT2D eigenvalue weighted by molar-refractivity contribution is 5.78. The van der Waals surface area contributed by atoms with Gasteiger partial charge in [-0.2, -0.15) is 4.68 Å².